The number of aromatic hydroxyl groups is 1. The van der Waals surface area contributed by atoms with Crippen molar-refractivity contribution >= 4 is 11.9 Å². The van der Waals surface area contributed by atoms with Crippen molar-refractivity contribution < 1.29 is 19.4 Å². The SMILES string of the molecule is CCCOC(=O)C(Cc1ccc(O)cc1)NC(C)=O. The molecule has 0 aliphatic rings. The topological polar surface area (TPSA) is 75.6 Å². The lowest BCUT2D eigenvalue weighted by Crippen LogP contribution is -2.42. The van der Waals surface area contributed by atoms with Crippen LogP contribution in [0, 0.1) is 0 Å². The molecule has 0 aliphatic heterocycles. The fourth-order valence-electron chi connectivity index (χ4n) is 1.61. The quantitative estimate of drug-likeness (QED) is 0.762. The molecule has 0 fully saturated rings. The van der Waals surface area contributed by atoms with E-state index in [0.29, 0.717) is 13.0 Å². The maximum Gasteiger partial charge on any atom is 0.328 e. The molecule has 104 valence electrons. The third-order valence-corrected chi connectivity index (χ3v) is 2.49. The predicted molar refractivity (Wildman–Crippen MR) is 70.7 cm³/mol. The first-order chi connectivity index (χ1) is 9.02. The van der Waals surface area contributed by atoms with Crippen LogP contribution in [-0.2, 0) is 20.7 Å². The van der Waals surface area contributed by atoms with Crippen molar-refractivity contribution in [1.29, 1.82) is 0 Å². The number of carbonyl (C=O) groups is 2. The number of carbonyl (C=O) groups excluding carboxylic acids is 2. The van der Waals surface area contributed by atoms with Crippen LogP contribution in [0.15, 0.2) is 24.3 Å². The average molecular weight is 265 g/mol. The van der Waals surface area contributed by atoms with Gasteiger partial charge in [-0.15, -0.1) is 0 Å². The van der Waals surface area contributed by atoms with E-state index in [1.54, 1.807) is 12.1 Å². The first kappa shape index (κ1) is 15.0. The minimum absolute atomic E-state index is 0.161. The Morgan fingerprint density at radius 3 is 2.47 bits per heavy atom. The summed E-state index contributed by atoms with van der Waals surface area (Å²) in [5.41, 5.74) is 0.838. The molecule has 1 aromatic rings. The highest BCUT2D eigenvalue weighted by Crippen LogP contribution is 2.12. The average Bonchev–Trinajstić information content (AvgIpc) is 2.37. The van der Waals surface area contributed by atoms with Gasteiger partial charge in [0.15, 0.2) is 0 Å². The van der Waals surface area contributed by atoms with E-state index in [4.69, 9.17) is 4.74 Å². The van der Waals surface area contributed by atoms with Gasteiger partial charge in [-0.3, -0.25) is 4.79 Å². The van der Waals surface area contributed by atoms with Gasteiger partial charge in [0.1, 0.15) is 11.8 Å². The van der Waals surface area contributed by atoms with Crippen molar-refractivity contribution in [2.24, 2.45) is 0 Å². The second kappa shape index (κ2) is 7.41. The van der Waals surface area contributed by atoms with Crippen molar-refractivity contribution in [1.82, 2.24) is 5.32 Å². The van der Waals surface area contributed by atoms with Crippen LogP contribution in [-0.4, -0.2) is 29.6 Å². The summed E-state index contributed by atoms with van der Waals surface area (Å²) in [6, 6.07) is 5.79. The summed E-state index contributed by atoms with van der Waals surface area (Å²) in [6.45, 7) is 3.60. The standard InChI is InChI=1S/C14H19NO4/c1-3-8-19-14(18)13(15-10(2)16)9-11-4-6-12(17)7-5-11/h4-7,13,17H,3,8-9H2,1-2H3,(H,15,16). The molecule has 0 aliphatic carbocycles. The van der Waals surface area contributed by atoms with E-state index in [1.165, 1.54) is 19.1 Å². The molecule has 0 saturated heterocycles. The number of phenols is 1. The first-order valence-electron chi connectivity index (χ1n) is 6.24. The van der Waals surface area contributed by atoms with Crippen LogP contribution in [0.2, 0.25) is 0 Å². The first-order valence-corrected chi connectivity index (χ1v) is 6.24. The Labute approximate surface area is 112 Å². The summed E-state index contributed by atoms with van der Waals surface area (Å²) in [5.74, 6) is -0.560. The fourth-order valence-corrected chi connectivity index (χ4v) is 1.61. The normalized spacial score (nSPS) is 11.7. The van der Waals surface area contributed by atoms with Crippen LogP contribution >= 0.6 is 0 Å². The summed E-state index contributed by atoms with van der Waals surface area (Å²) in [4.78, 5) is 22.9. The Balaban J connectivity index is 2.70. The molecule has 0 radical (unpaired) electrons. The molecule has 1 unspecified atom stereocenters. The third-order valence-electron chi connectivity index (χ3n) is 2.49. The van der Waals surface area contributed by atoms with E-state index < -0.39 is 12.0 Å². The highest BCUT2D eigenvalue weighted by molar-refractivity contribution is 5.83. The molecule has 5 heteroatoms. The number of benzene rings is 1. The maximum absolute atomic E-state index is 11.8. The largest absolute Gasteiger partial charge is 0.508 e. The predicted octanol–water partition coefficient (Wildman–Crippen LogP) is 1.39. The molecule has 5 nitrogen and oxygen atoms in total. The van der Waals surface area contributed by atoms with Gasteiger partial charge in [-0.05, 0) is 24.1 Å². The molecule has 1 rings (SSSR count). The van der Waals surface area contributed by atoms with E-state index in [2.05, 4.69) is 5.32 Å². The second-order valence-corrected chi connectivity index (χ2v) is 4.29. The van der Waals surface area contributed by atoms with Crippen LogP contribution in [0.5, 0.6) is 5.75 Å². The van der Waals surface area contributed by atoms with Crippen molar-refractivity contribution in [2.45, 2.75) is 32.7 Å². The number of ether oxygens (including phenoxy) is 1. The Morgan fingerprint density at radius 2 is 1.95 bits per heavy atom. The zero-order valence-electron chi connectivity index (χ0n) is 11.2. The molecule has 0 heterocycles. The van der Waals surface area contributed by atoms with Crippen LogP contribution in [0.3, 0.4) is 0 Å². The van der Waals surface area contributed by atoms with Crippen LogP contribution in [0.25, 0.3) is 0 Å². The summed E-state index contributed by atoms with van der Waals surface area (Å²) < 4.78 is 5.05. The molecule has 0 aromatic heterocycles. The number of esters is 1. The fraction of sp³-hybridized carbons (Fsp3) is 0.429. The Morgan fingerprint density at radius 1 is 1.32 bits per heavy atom. The van der Waals surface area contributed by atoms with Crippen molar-refractivity contribution in [2.75, 3.05) is 6.61 Å². The van der Waals surface area contributed by atoms with Gasteiger partial charge in [0.05, 0.1) is 6.61 Å². The minimum atomic E-state index is -0.700. The van der Waals surface area contributed by atoms with Crippen molar-refractivity contribution in [3.8, 4) is 5.75 Å². The number of nitrogens with one attached hydrogen (secondary N) is 1. The Hall–Kier alpha value is -2.04. The number of phenolic OH excluding ortho intramolecular Hbond substituents is 1. The molecule has 2 N–H and O–H groups in total. The van der Waals surface area contributed by atoms with Gasteiger partial charge >= 0.3 is 5.97 Å². The zero-order chi connectivity index (χ0) is 14.3. The molecule has 19 heavy (non-hydrogen) atoms. The van der Waals surface area contributed by atoms with Gasteiger partial charge in [0.25, 0.3) is 0 Å². The van der Waals surface area contributed by atoms with Gasteiger partial charge in [-0.1, -0.05) is 19.1 Å². The molecule has 1 atom stereocenters. The summed E-state index contributed by atoms with van der Waals surface area (Å²) >= 11 is 0. The van der Waals surface area contributed by atoms with Gasteiger partial charge in [0, 0.05) is 13.3 Å². The van der Waals surface area contributed by atoms with Gasteiger partial charge in [-0.25, -0.2) is 4.79 Å². The van der Waals surface area contributed by atoms with E-state index in [1.807, 2.05) is 6.92 Å². The lowest BCUT2D eigenvalue weighted by molar-refractivity contribution is -0.147. The van der Waals surface area contributed by atoms with Crippen LogP contribution in [0.1, 0.15) is 25.8 Å². The van der Waals surface area contributed by atoms with E-state index in [0.717, 1.165) is 12.0 Å². The summed E-state index contributed by atoms with van der Waals surface area (Å²) in [6.07, 6.45) is 1.07. The summed E-state index contributed by atoms with van der Waals surface area (Å²) in [7, 11) is 0. The molecule has 0 spiro atoms. The lowest BCUT2D eigenvalue weighted by atomic mass is 10.1. The van der Waals surface area contributed by atoms with E-state index >= 15 is 0 Å². The molecule has 1 amide bonds. The molecular formula is C14H19NO4. The smallest absolute Gasteiger partial charge is 0.328 e. The van der Waals surface area contributed by atoms with Crippen LogP contribution < -0.4 is 5.32 Å². The Bertz CT molecular complexity index is 428. The maximum atomic E-state index is 11.8. The highest BCUT2D eigenvalue weighted by atomic mass is 16.5. The molecule has 1 aromatic carbocycles. The van der Waals surface area contributed by atoms with Crippen LogP contribution in [0.4, 0.5) is 0 Å². The number of rotatable bonds is 6. The zero-order valence-corrected chi connectivity index (χ0v) is 11.2. The number of hydrogen-bond acceptors (Lipinski definition) is 4. The van der Waals surface area contributed by atoms with Crippen molar-refractivity contribution in [3.05, 3.63) is 29.8 Å². The van der Waals surface area contributed by atoms with Gasteiger partial charge in [0.2, 0.25) is 5.91 Å². The second-order valence-electron chi connectivity index (χ2n) is 4.29. The van der Waals surface area contributed by atoms with E-state index in [-0.39, 0.29) is 11.7 Å². The van der Waals surface area contributed by atoms with Gasteiger partial charge < -0.3 is 15.2 Å². The summed E-state index contributed by atoms with van der Waals surface area (Å²) in [5, 5.41) is 11.8. The minimum Gasteiger partial charge on any atom is -0.508 e. The number of amides is 1. The Kier molecular flexibility index (Phi) is 5.85. The molecule has 0 bridgehead atoms. The molecular weight excluding hydrogens is 246 g/mol. The van der Waals surface area contributed by atoms with E-state index in [9.17, 15) is 14.7 Å². The lowest BCUT2D eigenvalue weighted by Gasteiger charge is -2.16. The third kappa shape index (κ3) is 5.42. The van der Waals surface area contributed by atoms with Gasteiger partial charge in [-0.2, -0.15) is 0 Å². The van der Waals surface area contributed by atoms with Crippen molar-refractivity contribution in [3.63, 3.8) is 0 Å². The highest BCUT2D eigenvalue weighted by Gasteiger charge is 2.21. The number of hydrogen-bond donors (Lipinski definition) is 2. The monoisotopic (exact) mass is 265 g/mol. The molecule has 0 saturated carbocycles.